The van der Waals surface area contributed by atoms with Gasteiger partial charge in [0.05, 0.1) is 17.1 Å². The summed E-state index contributed by atoms with van der Waals surface area (Å²) in [5.41, 5.74) is 5.48. The second kappa shape index (κ2) is 5.07. The van der Waals surface area contributed by atoms with E-state index in [1.54, 1.807) is 26.0 Å². The molecule has 100 valence electrons. The molecular weight excluding hydrogens is 254 g/mol. The Bertz CT molecular complexity index is 532. The molecule has 0 aromatic heterocycles. The van der Waals surface area contributed by atoms with Gasteiger partial charge in [-0.1, -0.05) is 19.1 Å². The molecule has 1 aromatic carbocycles. The molecule has 0 saturated carbocycles. The van der Waals surface area contributed by atoms with Gasteiger partial charge >= 0.3 is 5.97 Å². The predicted octanol–water partition coefficient (Wildman–Crippen LogP) is 1.13. The Morgan fingerprint density at radius 2 is 1.83 bits per heavy atom. The summed E-state index contributed by atoms with van der Waals surface area (Å²) in [5.74, 6) is -0.966. The van der Waals surface area contributed by atoms with Gasteiger partial charge in [-0.05, 0) is 24.6 Å². The molecule has 0 aliphatic rings. The third-order valence-corrected chi connectivity index (χ3v) is 4.52. The largest absolute Gasteiger partial charge is 0.481 e. The molecule has 0 aliphatic carbocycles. The van der Waals surface area contributed by atoms with Crippen molar-refractivity contribution >= 4 is 15.8 Å². The molecule has 0 saturated heterocycles. The number of carboxylic acids is 1. The number of sulfone groups is 1. The molecule has 0 spiro atoms. The first kappa shape index (κ1) is 14.7. The Labute approximate surface area is 107 Å². The lowest BCUT2D eigenvalue weighted by Gasteiger charge is -2.23. The van der Waals surface area contributed by atoms with Crippen molar-refractivity contribution in [3.63, 3.8) is 0 Å². The van der Waals surface area contributed by atoms with Crippen LogP contribution in [0.5, 0.6) is 0 Å². The molecule has 1 rings (SSSR count). The van der Waals surface area contributed by atoms with E-state index in [0.29, 0.717) is 5.56 Å². The Hall–Kier alpha value is -1.40. The Morgan fingerprint density at radius 1 is 1.33 bits per heavy atom. The highest BCUT2D eigenvalue weighted by molar-refractivity contribution is 7.91. The predicted molar refractivity (Wildman–Crippen MR) is 68.0 cm³/mol. The number of nitrogens with two attached hydrogens (primary N) is 1. The van der Waals surface area contributed by atoms with E-state index in [2.05, 4.69) is 0 Å². The fourth-order valence-corrected chi connectivity index (χ4v) is 2.51. The lowest BCUT2D eigenvalue weighted by Crippen LogP contribution is -2.35. The highest BCUT2D eigenvalue weighted by Gasteiger charge is 2.25. The number of aliphatic carboxylic acids is 1. The van der Waals surface area contributed by atoms with E-state index in [1.165, 1.54) is 12.1 Å². The molecule has 0 amide bonds. The van der Waals surface area contributed by atoms with E-state index in [-0.39, 0.29) is 17.1 Å². The summed E-state index contributed by atoms with van der Waals surface area (Å²) in [4.78, 5) is 10.9. The number of hydrogen-bond donors (Lipinski definition) is 2. The van der Waals surface area contributed by atoms with Gasteiger partial charge in [-0.2, -0.15) is 0 Å². The quantitative estimate of drug-likeness (QED) is 0.836. The van der Waals surface area contributed by atoms with Gasteiger partial charge in [-0.15, -0.1) is 0 Å². The summed E-state index contributed by atoms with van der Waals surface area (Å²) in [5, 5.41) is 8.76. The maximum Gasteiger partial charge on any atom is 0.305 e. The zero-order valence-electron chi connectivity index (χ0n) is 10.4. The van der Waals surface area contributed by atoms with Gasteiger partial charge < -0.3 is 10.8 Å². The second-order valence-electron chi connectivity index (χ2n) is 4.42. The minimum Gasteiger partial charge on any atom is -0.481 e. The number of benzene rings is 1. The minimum absolute atomic E-state index is 0.0291. The number of carbonyl (C=O) groups is 1. The van der Waals surface area contributed by atoms with E-state index in [9.17, 15) is 13.2 Å². The Morgan fingerprint density at radius 3 is 2.22 bits per heavy atom. The fraction of sp³-hybridized carbons (Fsp3) is 0.417. The van der Waals surface area contributed by atoms with Crippen molar-refractivity contribution in [2.45, 2.75) is 30.7 Å². The maximum absolute atomic E-state index is 11.6. The first-order chi connectivity index (χ1) is 8.19. The molecular formula is C12H17NO4S. The van der Waals surface area contributed by atoms with Gasteiger partial charge in [0.1, 0.15) is 0 Å². The van der Waals surface area contributed by atoms with Gasteiger partial charge in [0.25, 0.3) is 0 Å². The Kier molecular flexibility index (Phi) is 4.13. The summed E-state index contributed by atoms with van der Waals surface area (Å²) >= 11 is 0. The summed E-state index contributed by atoms with van der Waals surface area (Å²) in [6.45, 7) is 3.17. The van der Waals surface area contributed by atoms with Crippen LogP contribution in [0.25, 0.3) is 0 Å². The summed E-state index contributed by atoms with van der Waals surface area (Å²) in [6.07, 6.45) is -0.215. The molecule has 6 heteroatoms. The zero-order valence-corrected chi connectivity index (χ0v) is 11.2. The van der Waals surface area contributed by atoms with Gasteiger partial charge in [0, 0.05) is 5.54 Å². The first-order valence-electron chi connectivity index (χ1n) is 5.53. The average molecular weight is 271 g/mol. The van der Waals surface area contributed by atoms with Crippen molar-refractivity contribution < 1.29 is 18.3 Å². The smallest absolute Gasteiger partial charge is 0.305 e. The van der Waals surface area contributed by atoms with Crippen molar-refractivity contribution in [1.29, 1.82) is 0 Å². The van der Waals surface area contributed by atoms with Gasteiger partial charge in [-0.25, -0.2) is 8.42 Å². The normalized spacial score (nSPS) is 15.1. The number of rotatable bonds is 5. The van der Waals surface area contributed by atoms with Crippen LogP contribution in [0.3, 0.4) is 0 Å². The summed E-state index contributed by atoms with van der Waals surface area (Å²) < 4.78 is 23.2. The van der Waals surface area contributed by atoms with Crippen LogP contribution in [0.15, 0.2) is 29.2 Å². The van der Waals surface area contributed by atoms with Crippen LogP contribution in [0.2, 0.25) is 0 Å². The van der Waals surface area contributed by atoms with Crippen LogP contribution in [0.4, 0.5) is 0 Å². The third-order valence-electron chi connectivity index (χ3n) is 2.77. The van der Waals surface area contributed by atoms with Crippen molar-refractivity contribution in [3.05, 3.63) is 29.8 Å². The standard InChI is InChI=1S/C12H17NO4S/c1-3-18(16,17)10-6-4-9(5-7-10)12(2,13)8-11(14)15/h4-7H,3,8,13H2,1-2H3,(H,14,15). The van der Waals surface area contributed by atoms with E-state index in [1.807, 2.05) is 0 Å². The maximum atomic E-state index is 11.6. The highest BCUT2D eigenvalue weighted by Crippen LogP contribution is 2.23. The van der Waals surface area contributed by atoms with Crippen LogP contribution in [-0.4, -0.2) is 25.2 Å². The lowest BCUT2D eigenvalue weighted by atomic mass is 9.90. The summed E-state index contributed by atoms with van der Waals surface area (Å²) in [6, 6.07) is 6.04. The second-order valence-corrected chi connectivity index (χ2v) is 6.69. The molecule has 5 nitrogen and oxygen atoms in total. The van der Waals surface area contributed by atoms with Crippen LogP contribution in [-0.2, 0) is 20.2 Å². The molecule has 1 unspecified atom stereocenters. The molecule has 1 atom stereocenters. The van der Waals surface area contributed by atoms with Crippen LogP contribution in [0.1, 0.15) is 25.8 Å². The molecule has 0 fully saturated rings. The molecule has 18 heavy (non-hydrogen) atoms. The molecule has 0 bridgehead atoms. The minimum atomic E-state index is -3.24. The van der Waals surface area contributed by atoms with Crippen molar-refractivity contribution in [3.8, 4) is 0 Å². The molecule has 0 radical (unpaired) electrons. The van der Waals surface area contributed by atoms with Gasteiger partial charge in [0.15, 0.2) is 9.84 Å². The van der Waals surface area contributed by atoms with Crippen molar-refractivity contribution in [1.82, 2.24) is 0 Å². The highest BCUT2D eigenvalue weighted by atomic mass is 32.2. The van der Waals surface area contributed by atoms with E-state index in [4.69, 9.17) is 10.8 Å². The topological polar surface area (TPSA) is 97.5 Å². The summed E-state index contributed by atoms with van der Waals surface area (Å²) in [7, 11) is -3.24. The fourth-order valence-electron chi connectivity index (χ4n) is 1.63. The first-order valence-corrected chi connectivity index (χ1v) is 7.18. The van der Waals surface area contributed by atoms with E-state index in [0.717, 1.165) is 0 Å². The molecule has 0 aliphatic heterocycles. The molecule has 0 heterocycles. The lowest BCUT2D eigenvalue weighted by molar-refractivity contribution is -0.138. The molecule has 3 N–H and O–H groups in total. The number of carboxylic acid groups (broad SMARTS) is 1. The van der Waals surface area contributed by atoms with Gasteiger partial charge in [-0.3, -0.25) is 4.79 Å². The zero-order chi connectivity index (χ0) is 14.0. The van der Waals surface area contributed by atoms with Crippen molar-refractivity contribution in [2.24, 2.45) is 5.73 Å². The van der Waals surface area contributed by atoms with Crippen LogP contribution >= 0.6 is 0 Å². The van der Waals surface area contributed by atoms with Crippen LogP contribution in [0, 0.1) is 0 Å². The average Bonchev–Trinajstić information content (AvgIpc) is 2.27. The third kappa shape index (κ3) is 3.30. The number of hydrogen-bond acceptors (Lipinski definition) is 4. The van der Waals surface area contributed by atoms with E-state index >= 15 is 0 Å². The van der Waals surface area contributed by atoms with E-state index < -0.39 is 21.3 Å². The Balaban J connectivity index is 3.07. The molecule has 1 aromatic rings. The van der Waals surface area contributed by atoms with Crippen LogP contribution < -0.4 is 5.73 Å². The van der Waals surface area contributed by atoms with Crippen molar-refractivity contribution in [2.75, 3.05) is 5.75 Å². The van der Waals surface area contributed by atoms with Gasteiger partial charge in [0.2, 0.25) is 0 Å². The SMILES string of the molecule is CCS(=O)(=O)c1ccc(C(C)(N)CC(=O)O)cc1. The monoisotopic (exact) mass is 271 g/mol.